The van der Waals surface area contributed by atoms with Crippen LogP contribution in [0.5, 0.6) is 46.0 Å². The Balaban J connectivity index is 1.45. The molecule has 0 aromatic heterocycles. The lowest BCUT2D eigenvalue weighted by Gasteiger charge is -2.37. The summed E-state index contributed by atoms with van der Waals surface area (Å²) >= 11 is 0. The maximum Gasteiger partial charge on any atom is 0.204 e. The predicted molar refractivity (Wildman–Crippen MR) is 168 cm³/mol. The van der Waals surface area contributed by atoms with Gasteiger partial charge in [0.1, 0.15) is 5.75 Å². The highest BCUT2D eigenvalue weighted by molar-refractivity contribution is 5.63. The van der Waals surface area contributed by atoms with Gasteiger partial charge in [-0.15, -0.1) is 0 Å². The summed E-state index contributed by atoms with van der Waals surface area (Å²) in [6, 6.07) is 19.6. The monoisotopic (exact) mass is 594 g/mol. The normalized spacial score (nSPS) is 19.6. The number of rotatable bonds is 2. The van der Waals surface area contributed by atoms with E-state index in [0.717, 1.165) is 53.7 Å². The molecule has 0 spiro atoms. The number of nitrogens with zero attached hydrogens (tertiary/aromatic N) is 2. The molecule has 8 nitrogen and oxygen atoms in total. The molecule has 0 aliphatic carbocycles. The number of hydrogen-bond donors (Lipinski definition) is 2. The van der Waals surface area contributed by atoms with Gasteiger partial charge in [-0.05, 0) is 110 Å². The average Bonchev–Trinajstić information content (AvgIpc) is 3.02. The van der Waals surface area contributed by atoms with Crippen LogP contribution in [0.2, 0.25) is 0 Å². The minimum Gasteiger partial charge on any atom is -0.504 e. The lowest BCUT2D eigenvalue weighted by atomic mass is 9.87. The van der Waals surface area contributed by atoms with Gasteiger partial charge in [-0.2, -0.15) is 0 Å². The molecule has 4 aromatic carbocycles. The van der Waals surface area contributed by atoms with Gasteiger partial charge < -0.3 is 29.2 Å². The zero-order valence-electron chi connectivity index (χ0n) is 25.6. The molecule has 228 valence electrons. The Morgan fingerprint density at radius 1 is 0.705 bits per heavy atom. The molecule has 0 fully saturated rings. The number of hydrogen-bond acceptors (Lipinski definition) is 8. The summed E-state index contributed by atoms with van der Waals surface area (Å²) in [7, 11) is 7.48. The minimum atomic E-state index is -0.0304. The second kappa shape index (κ2) is 11.3. The van der Waals surface area contributed by atoms with Gasteiger partial charge in [0, 0.05) is 30.7 Å². The summed E-state index contributed by atoms with van der Waals surface area (Å²) in [5.74, 6) is 3.30. The summed E-state index contributed by atoms with van der Waals surface area (Å²) in [6.07, 6.45) is 3.08. The fraction of sp³-hybridized carbons (Fsp3) is 0.333. The van der Waals surface area contributed by atoms with Gasteiger partial charge in [0.25, 0.3) is 0 Å². The molecule has 8 heteroatoms. The van der Waals surface area contributed by atoms with E-state index < -0.39 is 0 Å². The predicted octanol–water partition coefficient (Wildman–Crippen LogP) is 6.56. The van der Waals surface area contributed by atoms with Gasteiger partial charge >= 0.3 is 0 Å². The van der Waals surface area contributed by atoms with Crippen molar-refractivity contribution in [2.24, 2.45) is 0 Å². The first kappa shape index (κ1) is 28.4. The quantitative estimate of drug-likeness (QED) is 0.270. The standard InChI is InChI=1S/C36H38N2O6/c1-37-13-11-23-19-32(41-3)33-20-26(23)27(37)16-22-7-10-29(39)31(17-22)43-25-8-5-21(6-9-25)15-28-34-24(12-14-38(28)2)18-30(40)35(42-4)36(34)44-33/h5-10,17-20,27-28,39-40H,11-16H2,1-4H3. The van der Waals surface area contributed by atoms with Crippen molar-refractivity contribution >= 4 is 0 Å². The number of methoxy groups -OCH3 is 2. The molecule has 4 aliphatic heterocycles. The van der Waals surface area contributed by atoms with E-state index in [1.165, 1.54) is 5.56 Å². The van der Waals surface area contributed by atoms with E-state index in [4.69, 9.17) is 18.9 Å². The fourth-order valence-corrected chi connectivity index (χ4v) is 6.98. The van der Waals surface area contributed by atoms with Crippen LogP contribution in [0.15, 0.2) is 60.7 Å². The van der Waals surface area contributed by atoms with Crippen molar-refractivity contribution in [3.63, 3.8) is 0 Å². The summed E-state index contributed by atoms with van der Waals surface area (Å²) < 4.78 is 24.8. The topological polar surface area (TPSA) is 83.9 Å². The van der Waals surface area contributed by atoms with Crippen molar-refractivity contribution < 1.29 is 29.2 Å². The van der Waals surface area contributed by atoms with Crippen LogP contribution >= 0.6 is 0 Å². The number of phenolic OH excluding ortho intramolecular Hbond substituents is 2. The molecule has 6 bridgehead atoms. The Bertz CT molecular complexity index is 1720. The molecule has 2 unspecified atom stereocenters. The van der Waals surface area contributed by atoms with Crippen LogP contribution in [0.4, 0.5) is 0 Å². The molecule has 0 amide bonds. The maximum atomic E-state index is 11.1. The van der Waals surface area contributed by atoms with E-state index in [0.29, 0.717) is 47.3 Å². The average molecular weight is 595 g/mol. The van der Waals surface area contributed by atoms with Crippen molar-refractivity contribution in [2.75, 3.05) is 41.4 Å². The van der Waals surface area contributed by atoms with Crippen LogP contribution in [-0.4, -0.2) is 61.4 Å². The summed E-state index contributed by atoms with van der Waals surface area (Å²) in [5.41, 5.74) is 6.58. The van der Waals surface area contributed by atoms with Gasteiger partial charge in [-0.25, -0.2) is 0 Å². The van der Waals surface area contributed by atoms with E-state index in [1.807, 2.05) is 30.3 Å². The molecule has 4 aromatic rings. The Morgan fingerprint density at radius 2 is 1.41 bits per heavy atom. The third kappa shape index (κ3) is 4.98. The first-order valence-corrected chi connectivity index (χ1v) is 15.1. The van der Waals surface area contributed by atoms with Crippen LogP contribution in [0.1, 0.15) is 45.5 Å². The van der Waals surface area contributed by atoms with E-state index in [2.05, 4.69) is 48.2 Å². The molecule has 8 rings (SSSR count). The molecule has 4 aliphatic rings. The van der Waals surface area contributed by atoms with Crippen LogP contribution in [-0.2, 0) is 25.7 Å². The van der Waals surface area contributed by atoms with Gasteiger partial charge in [0.05, 0.1) is 14.2 Å². The van der Waals surface area contributed by atoms with Crippen LogP contribution in [0.3, 0.4) is 0 Å². The fourth-order valence-electron chi connectivity index (χ4n) is 6.98. The van der Waals surface area contributed by atoms with Gasteiger partial charge in [-0.3, -0.25) is 9.80 Å². The van der Waals surface area contributed by atoms with Gasteiger partial charge in [-0.1, -0.05) is 18.2 Å². The highest BCUT2D eigenvalue weighted by atomic mass is 16.5. The molecule has 2 atom stereocenters. The van der Waals surface area contributed by atoms with Gasteiger partial charge in [0.15, 0.2) is 34.5 Å². The molecule has 2 N–H and O–H groups in total. The zero-order chi connectivity index (χ0) is 30.5. The molecule has 44 heavy (non-hydrogen) atoms. The van der Waals surface area contributed by atoms with Gasteiger partial charge in [0.2, 0.25) is 5.75 Å². The SMILES string of the molecule is COc1cc2c3cc1Oc1c(OC)c(O)cc4c1C(Cc1ccc(cc1)Oc1cc(ccc1O)CC3N(C)CC2)N(C)CC4. The molecule has 0 saturated carbocycles. The first-order chi connectivity index (χ1) is 21.3. The number of benzene rings is 4. The Labute approximate surface area is 258 Å². The second-order valence-electron chi connectivity index (χ2n) is 12.1. The lowest BCUT2D eigenvalue weighted by molar-refractivity contribution is 0.220. The van der Waals surface area contributed by atoms with Crippen molar-refractivity contribution in [1.82, 2.24) is 9.80 Å². The summed E-state index contributed by atoms with van der Waals surface area (Å²) in [4.78, 5) is 4.68. The van der Waals surface area contributed by atoms with Crippen molar-refractivity contribution in [2.45, 2.75) is 37.8 Å². The number of phenols is 2. The number of aromatic hydroxyl groups is 2. The van der Waals surface area contributed by atoms with Crippen LogP contribution < -0.4 is 18.9 Å². The zero-order valence-corrected chi connectivity index (χ0v) is 25.6. The van der Waals surface area contributed by atoms with Crippen molar-refractivity contribution in [3.8, 4) is 46.0 Å². The third-order valence-electron chi connectivity index (χ3n) is 9.44. The Morgan fingerprint density at radius 3 is 2.16 bits per heavy atom. The second-order valence-corrected chi connectivity index (χ2v) is 12.1. The largest absolute Gasteiger partial charge is 0.504 e. The maximum absolute atomic E-state index is 11.1. The highest BCUT2D eigenvalue weighted by Crippen LogP contribution is 2.51. The number of ether oxygens (including phenoxy) is 4. The van der Waals surface area contributed by atoms with E-state index in [1.54, 1.807) is 20.3 Å². The lowest BCUT2D eigenvalue weighted by Crippen LogP contribution is -2.34. The Kier molecular flexibility index (Phi) is 7.26. The summed E-state index contributed by atoms with van der Waals surface area (Å²) in [6.45, 7) is 1.74. The minimum absolute atomic E-state index is 0.0304. The number of likely N-dealkylation sites (N-methyl/N-ethyl adjacent to an activating group) is 2. The Hall–Kier alpha value is -4.40. The molecular formula is C36H38N2O6. The van der Waals surface area contributed by atoms with E-state index >= 15 is 0 Å². The molecule has 0 radical (unpaired) electrons. The smallest absolute Gasteiger partial charge is 0.204 e. The third-order valence-corrected chi connectivity index (χ3v) is 9.44. The van der Waals surface area contributed by atoms with E-state index in [9.17, 15) is 10.2 Å². The number of fused-ring (bicyclic) bond motifs is 2. The van der Waals surface area contributed by atoms with E-state index in [-0.39, 0.29) is 23.6 Å². The molecular weight excluding hydrogens is 556 g/mol. The highest BCUT2D eigenvalue weighted by Gasteiger charge is 2.34. The van der Waals surface area contributed by atoms with Crippen molar-refractivity contribution in [3.05, 3.63) is 94.0 Å². The van der Waals surface area contributed by atoms with Crippen LogP contribution in [0, 0.1) is 0 Å². The molecule has 0 saturated heterocycles. The van der Waals surface area contributed by atoms with Crippen molar-refractivity contribution in [1.29, 1.82) is 0 Å². The first-order valence-electron chi connectivity index (χ1n) is 15.1. The van der Waals surface area contributed by atoms with Crippen LogP contribution in [0.25, 0.3) is 0 Å². The molecule has 4 heterocycles. The summed E-state index contributed by atoms with van der Waals surface area (Å²) in [5, 5.41) is 21.8.